The van der Waals surface area contributed by atoms with E-state index >= 15 is 0 Å². The van der Waals surface area contributed by atoms with Crippen molar-refractivity contribution in [3.05, 3.63) is 70.1 Å². The molecule has 2 N–H and O–H groups in total. The van der Waals surface area contributed by atoms with Crippen LogP contribution in [0.3, 0.4) is 0 Å². The second-order valence-corrected chi connectivity index (χ2v) is 4.45. The minimum Gasteiger partial charge on any atom is -0.445 e. The quantitative estimate of drug-likeness (QED) is 0.670. The van der Waals surface area contributed by atoms with E-state index < -0.39 is 6.09 Å². The molecule has 0 fully saturated rings. The second kappa shape index (κ2) is 8.32. The summed E-state index contributed by atoms with van der Waals surface area (Å²) in [6, 6.07) is 12.8. The summed E-state index contributed by atoms with van der Waals surface area (Å²) >= 11 is 0. The van der Waals surface area contributed by atoms with Crippen LogP contribution < -0.4 is 10.9 Å². The fourth-order valence-corrected chi connectivity index (χ4v) is 1.68. The van der Waals surface area contributed by atoms with E-state index in [4.69, 9.17) is 4.74 Å². The highest BCUT2D eigenvalue weighted by molar-refractivity contribution is 5.67. The number of aromatic amines is 1. The van der Waals surface area contributed by atoms with Gasteiger partial charge in [0.1, 0.15) is 6.61 Å². The van der Waals surface area contributed by atoms with Gasteiger partial charge < -0.3 is 15.0 Å². The van der Waals surface area contributed by atoms with Gasteiger partial charge in [-0.3, -0.25) is 4.79 Å². The van der Waals surface area contributed by atoms with Crippen molar-refractivity contribution in [3.8, 4) is 11.8 Å². The van der Waals surface area contributed by atoms with Crippen molar-refractivity contribution < 1.29 is 9.53 Å². The molecular formula is C17H16N2O3. The third-order valence-electron chi connectivity index (χ3n) is 2.77. The molecule has 2 rings (SSSR count). The van der Waals surface area contributed by atoms with E-state index in [1.54, 1.807) is 18.3 Å². The first-order chi connectivity index (χ1) is 10.8. The number of hydrogen-bond donors (Lipinski definition) is 2. The topological polar surface area (TPSA) is 71.2 Å². The molecule has 2 aromatic rings. The Balaban J connectivity index is 1.68. The van der Waals surface area contributed by atoms with E-state index in [9.17, 15) is 9.59 Å². The number of carbonyl (C=O) groups excluding carboxylic acids is 1. The molecule has 0 atom stereocenters. The van der Waals surface area contributed by atoms with Crippen LogP contribution in [0.4, 0.5) is 4.79 Å². The minimum atomic E-state index is -0.483. The summed E-state index contributed by atoms with van der Waals surface area (Å²) in [6.07, 6.45) is 1.51. The molecule has 0 bridgehead atoms. The first-order valence-electron chi connectivity index (χ1n) is 6.87. The molecule has 0 saturated carbocycles. The Morgan fingerprint density at radius 2 is 2.00 bits per heavy atom. The van der Waals surface area contributed by atoms with E-state index in [0.29, 0.717) is 18.5 Å². The number of amides is 1. The highest BCUT2D eigenvalue weighted by Gasteiger charge is 2.00. The van der Waals surface area contributed by atoms with Gasteiger partial charge in [-0.1, -0.05) is 42.2 Å². The van der Waals surface area contributed by atoms with Crippen molar-refractivity contribution in [1.82, 2.24) is 10.3 Å². The summed E-state index contributed by atoms with van der Waals surface area (Å²) in [7, 11) is 0. The smallest absolute Gasteiger partial charge is 0.407 e. The molecule has 5 heteroatoms. The van der Waals surface area contributed by atoms with E-state index in [1.807, 2.05) is 30.3 Å². The molecule has 0 aliphatic rings. The average Bonchev–Trinajstić information content (AvgIpc) is 2.55. The molecule has 22 heavy (non-hydrogen) atoms. The van der Waals surface area contributed by atoms with Gasteiger partial charge in [-0.05, 0) is 17.7 Å². The van der Waals surface area contributed by atoms with Crippen LogP contribution in [-0.2, 0) is 11.3 Å². The number of carbonyl (C=O) groups is 1. The summed E-state index contributed by atoms with van der Waals surface area (Å²) in [4.78, 5) is 25.4. The number of rotatable bonds is 4. The Labute approximate surface area is 128 Å². The lowest BCUT2D eigenvalue weighted by atomic mass is 10.2. The molecule has 1 heterocycles. The number of pyridine rings is 1. The van der Waals surface area contributed by atoms with E-state index in [-0.39, 0.29) is 12.2 Å². The van der Waals surface area contributed by atoms with Crippen molar-refractivity contribution in [2.75, 3.05) is 6.54 Å². The molecule has 0 spiro atoms. The number of benzene rings is 1. The predicted molar refractivity (Wildman–Crippen MR) is 83.2 cm³/mol. The van der Waals surface area contributed by atoms with Crippen LogP contribution in [0.15, 0.2) is 53.5 Å². The molecule has 1 amide bonds. The maximum absolute atomic E-state index is 11.5. The lowest BCUT2D eigenvalue weighted by molar-refractivity contribution is 0.140. The molecule has 1 aromatic heterocycles. The molecule has 112 valence electrons. The predicted octanol–water partition coefficient (Wildman–Crippen LogP) is 2.04. The molecule has 0 aliphatic carbocycles. The zero-order valence-corrected chi connectivity index (χ0v) is 12.0. The van der Waals surface area contributed by atoms with E-state index in [2.05, 4.69) is 22.1 Å². The van der Waals surface area contributed by atoms with Crippen molar-refractivity contribution in [1.29, 1.82) is 0 Å². The van der Waals surface area contributed by atoms with Crippen LogP contribution in [0.25, 0.3) is 0 Å². The Kier molecular flexibility index (Phi) is 5.82. The van der Waals surface area contributed by atoms with Gasteiger partial charge in [-0.2, -0.15) is 0 Å². The summed E-state index contributed by atoms with van der Waals surface area (Å²) in [5.74, 6) is 5.59. The second-order valence-electron chi connectivity index (χ2n) is 4.45. The summed E-state index contributed by atoms with van der Waals surface area (Å²) in [5.41, 5.74) is 1.13. The number of alkyl carbamates (subject to hydrolysis) is 1. The number of ether oxygens (including phenoxy) is 1. The van der Waals surface area contributed by atoms with Crippen LogP contribution in [0.1, 0.15) is 17.5 Å². The van der Waals surface area contributed by atoms with Crippen molar-refractivity contribution in [3.63, 3.8) is 0 Å². The van der Waals surface area contributed by atoms with Gasteiger partial charge in [0.15, 0.2) is 0 Å². The Morgan fingerprint density at radius 3 is 2.77 bits per heavy atom. The minimum absolute atomic E-state index is 0.217. The van der Waals surface area contributed by atoms with E-state index in [0.717, 1.165) is 5.56 Å². The lowest BCUT2D eigenvalue weighted by Crippen LogP contribution is -2.24. The molecule has 0 radical (unpaired) electrons. The van der Waals surface area contributed by atoms with Crippen LogP contribution in [0.5, 0.6) is 0 Å². The molecule has 0 saturated heterocycles. The number of H-pyrrole nitrogens is 1. The van der Waals surface area contributed by atoms with Crippen LogP contribution in [0, 0.1) is 11.8 Å². The SMILES string of the molecule is O=C(NCCC#Cc1ccc[nH]c1=O)OCc1ccccc1. The van der Waals surface area contributed by atoms with Crippen molar-refractivity contribution in [2.45, 2.75) is 13.0 Å². The third-order valence-corrected chi connectivity index (χ3v) is 2.77. The first kappa shape index (κ1) is 15.4. The van der Waals surface area contributed by atoms with Gasteiger partial charge in [0, 0.05) is 19.2 Å². The van der Waals surface area contributed by atoms with Gasteiger partial charge >= 0.3 is 6.09 Å². The summed E-state index contributed by atoms with van der Waals surface area (Å²) in [6.45, 7) is 0.600. The van der Waals surface area contributed by atoms with Crippen molar-refractivity contribution >= 4 is 6.09 Å². The summed E-state index contributed by atoms with van der Waals surface area (Å²) < 4.78 is 5.06. The Bertz CT molecular complexity index is 727. The van der Waals surface area contributed by atoms with Gasteiger partial charge in [-0.25, -0.2) is 4.79 Å². The Hall–Kier alpha value is -3.00. The number of nitrogens with one attached hydrogen (secondary N) is 2. The third kappa shape index (κ3) is 5.17. The van der Waals surface area contributed by atoms with Crippen molar-refractivity contribution in [2.24, 2.45) is 0 Å². The molecule has 0 unspecified atom stereocenters. The zero-order chi connectivity index (χ0) is 15.6. The molecule has 1 aromatic carbocycles. The maximum atomic E-state index is 11.5. The van der Waals surface area contributed by atoms with Crippen LogP contribution in [-0.4, -0.2) is 17.6 Å². The largest absolute Gasteiger partial charge is 0.445 e. The highest BCUT2D eigenvalue weighted by atomic mass is 16.5. The number of aromatic nitrogens is 1. The molecular weight excluding hydrogens is 280 g/mol. The van der Waals surface area contributed by atoms with Crippen LogP contribution >= 0.6 is 0 Å². The average molecular weight is 296 g/mol. The lowest BCUT2D eigenvalue weighted by Gasteiger charge is -2.05. The van der Waals surface area contributed by atoms with Gasteiger partial charge in [-0.15, -0.1) is 0 Å². The molecule has 0 aliphatic heterocycles. The maximum Gasteiger partial charge on any atom is 0.407 e. The van der Waals surface area contributed by atoms with E-state index in [1.165, 1.54) is 0 Å². The monoisotopic (exact) mass is 296 g/mol. The van der Waals surface area contributed by atoms with Gasteiger partial charge in [0.05, 0.1) is 5.56 Å². The van der Waals surface area contributed by atoms with Gasteiger partial charge in [0.2, 0.25) is 0 Å². The zero-order valence-electron chi connectivity index (χ0n) is 12.0. The number of hydrogen-bond acceptors (Lipinski definition) is 3. The van der Waals surface area contributed by atoms with Gasteiger partial charge in [0.25, 0.3) is 5.56 Å². The normalized spacial score (nSPS) is 9.45. The summed E-state index contributed by atoms with van der Waals surface area (Å²) in [5, 5.41) is 2.60. The molecule has 5 nitrogen and oxygen atoms in total. The standard InChI is InChI=1S/C17H16N2O3/c20-16-15(10-6-12-18-16)9-4-5-11-19-17(21)22-13-14-7-2-1-3-8-14/h1-3,6-8,10,12H,5,11,13H2,(H,18,20)(H,19,21). The fraction of sp³-hybridized carbons (Fsp3) is 0.176. The highest BCUT2D eigenvalue weighted by Crippen LogP contribution is 2.00. The van der Waals surface area contributed by atoms with Crippen LogP contribution in [0.2, 0.25) is 0 Å². The fourth-order valence-electron chi connectivity index (χ4n) is 1.68. The Morgan fingerprint density at radius 1 is 1.18 bits per heavy atom. The first-order valence-corrected chi connectivity index (χ1v) is 6.87.